The Hall–Kier alpha value is -5.52. The number of ketones is 1. The van der Waals surface area contributed by atoms with Crippen LogP contribution in [-0.4, -0.2) is 50.2 Å². The molecule has 0 saturated carbocycles. The number of nitro benzene ring substituents is 2. The zero-order valence-corrected chi connectivity index (χ0v) is 21.1. The van der Waals surface area contributed by atoms with E-state index < -0.39 is 33.3 Å². The number of nitrogens with one attached hydrogen (secondary N) is 1. The van der Waals surface area contributed by atoms with Crippen LogP contribution in [0.5, 0.6) is 5.75 Å². The summed E-state index contributed by atoms with van der Waals surface area (Å²) >= 11 is 0. The number of methoxy groups -OCH3 is 1. The fourth-order valence-corrected chi connectivity index (χ4v) is 4.89. The lowest BCUT2D eigenvalue weighted by Crippen LogP contribution is -2.31. The van der Waals surface area contributed by atoms with Gasteiger partial charge in [-0.2, -0.15) is 0 Å². The zero-order chi connectivity index (χ0) is 28.6. The highest BCUT2D eigenvalue weighted by Crippen LogP contribution is 2.40. The van der Waals surface area contributed by atoms with E-state index in [4.69, 9.17) is 4.74 Å². The molecule has 40 heavy (non-hydrogen) atoms. The van der Waals surface area contributed by atoms with Crippen LogP contribution in [0.1, 0.15) is 22.7 Å². The topological polar surface area (TPSA) is 169 Å². The number of rotatable bonds is 8. The zero-order valence-electron chi connectivity index (χ0n) is 21.1. The average molecular weight is 543 g/mol. The number of nitro groups is 2. The van der Waals surface area contributed by atoms with Crippen LogP contribution in [0, 0.1) is 20.2 Å². The molecule has 2 N–H and O–H groups in total. The molecular weight excluding hydrogens is 520 g/mol. The highest BCUT2D eigenvalue weighted by atomic mass is 16.6. The van der Waals surface area contributed by atoms with Crippen LogP contribution in [0.3, 0.4) is 0 Å². The molecule has 0 aliphatic carbocycles. The molecule has 1 amide bonds. The van der Waals surface area contributed by atoms with Gasteiger partial charge in [-0.3, -0.25) is 29.8 Å². The maximum atomic E-state index is 13.3. The number of ether oxygens (including phenoxy) is 1. The van der Waals surface area contributed by atoms with Crippen molar-refractivity contribution in [1.29, 1.82) is 0 Å². The fraction of sp³-hybridized carbons (Fsp3) is 0.143. The number of aromatic amines is 1. The van der Waals surface area contributed by atoms with Crippen molar-refractivity contribution in [2.24, 2.45) is 0 Å². The third-order valence-corrected chi connectivity index (χ3v) is 6.88. The van der Waals surface area contributed by atoms with E-state index >= 15 is 0 Å². The Morgan fingerprint density at radius 2 is 1.73 bits per heavy atom. The largest absolute Gasteiger partial charge is 0.507 e. The van der Waals surface area contributed by atoms with Gasteiger partial charge in [0.1, 0.15) is 11.5 Å². The summed E-state index contributed by atoms with van der Waals surface area (Å²) in [5, 5.41) is 34.6. The summed E-state index contributed by atoms with van der Waals surface area (Å²) in [6, 6.07) is 14.8. The SMILES string of the molecule is COc1ccc2[nH]cc(CCN3C(=O)C(=O)C(=C(O)c4ccc([N+](=O)[O-])cc4)[C@@H]3c3cccc([N+](=O)[O-])c3)c2c1. The first kappa shape index (κ1) is 26.1. The number of Topliss-reactive ketones (excluding diaryl/α,β-unsaturated/α-hetero) is 1. The first-order valence-corrected chi connectivity index (χ1v) is 12.1. The van der Waals surface area contributed by atoms with Gasteiger partial charge in [-0.25, -0.2) is 0 Å². The van der Waals surface area contributed by atoms with Gasteiger partial charge in [-0.05, 0) is 47.9 Å². The van der Waals surface area contributed by atoms with Crippen LogP contribution in [0.4, 0.5) is 11.4 Å². The molecule has 12 heteroatoms. The smallest absolute Gasteiger partial charge is 0.295 e. The number of H-pyrrole nitrogens is 1. The van der Waals surface area contributed by atoms with E-state index in [-0.39, 0.29) is 34.6 Å². The first-order valence-electron chi connectivity index (χ1n) is 12.1. The predicted molar refractivity (Wildman–Crippen MR) is 144 cm³/mol. The molecule has 1 saturated heterocycles. The predicted octanol–water partition coefficient (Wildman–Crippen LogP) is 4.66. The summed E-state index contributed by atoms with van der Waals surface area (Å²) in [6.07, 6.45) is 2.11. The molecule has 3 aromatic carbocycles. The number of hydrogen-bond donors (Lipinski definition) is 2. The van der Waals surface area contributed by atoms with E-state index in [9.17, 15) is 34.9 Å². The lowest BCUT2D eigenvalue weighted by atomic mass is 9.94. The van der Waals surface area contributed by atoms with E-state index in [2.05, 4.69) is 4.98 Å². The van der Waals surface area contributed by atoms with Gasteiger partial charge in [0.05, 0.1) is 28.6 Å². The monoisotopic (exact) mass is 542 g/mol. The van der Waals surface area contributed by atoms with Gasteiger partial charge in [-0.1, -0.05) is 12.1 Å². The molecule has 0 unspecified atom stereocenters. The molecule has 0 bridgehead atoms. The molecule has 0 spiro atoms. The molecule has 1 atom stereocenters. The van der Waals surface area contributed by atoms with Crippen molar-refractivity contribution in [2.75, 3.05) is 13.7 Å². The number of benzene rings is 3. The first-order chi connectivity index (χ1) is 19.2. The van der Waals surface area contributed by atoms with Crippen molar-refractivity contribution in [3.8, 4) is 5.75 Å². The number of aliphatic hydroxyl groups excluding tert-OH is 1. The van der Waals surface area contributed by atoms with Crippen LogP contribution < -0.4 is 4.74 Å². The number of aliphatic hydroxyl groups is 1. The quantitative estimate of drug-likeness (QED) is 0.106. The maximum Gasteiger partial charge on any atom is 0.295 e. The van der Waals surface area contributed by atoms with Crippen LogP contribution in [0.25, 0.3) is 16.7 Å². The van der Waals surface area contributed by atoms with Gasteiger partial charge in [0, 0.05) is 53.5 Å². The normalized spacial score (nSPS) is 16.4. The third kappa shape index (κ3) is 4.62. The number of non-ortho nitro benzene ring substituents is 2. The maximum absolute atomic E-state index is 13.3. The molecule has 5 rings (SSSR count). The second kappa shape index (κ2) is 10.3. The van der Waals surface area contributed by atoms with Crippen molar-refractivity contribution < 1.29 is 29.3 Å². The summed E-state index contributed by atoms with van der Waals surface area (Å²) in [6.45, 7) is 0.0547. The minimum atomic E-state index is -1.13. The molecule has 4 aromatic rings. The Morgan fingerprint density at radius 3 is 2.40 bits per heavy atom. The van der Waals surface area contributed by atoms with Gasteiger partial charge in [0.15, 0.2) is 0 Å². The van der Waals surface area contributed by atoms with Crippen molar-refractivity contribution >= 4 is 39.7 Å². The summed E-state index contributed by atoms with van der Waals surface area (Å²) in [5.74, 6) is -1.73. The molecule has 1 aromatic heterocycles. The third-order valence-electron chi connectivity index (χ3n) is 6.88. The van der Waals surface area contributed by atoms with E-state index in [0.29, 0.717) is 12.2 Å². The second-order valence-corrected chi connectivity index (χ2v) is 9.12. The molecule has 1 fully saturated rings. The summed E-state index contributed by atoms with van der Waals surface area (Å²) in [4.78, 5) is 52.4. The number of carbonyl (C=O) groups excluding carboxylic acids is 2. The fourth-order valence-electron chi connectivity index (χ4n) is 4.89. The van der Waals surface area contributed by atoms with Gasteiger partial charge in [0.25, 0.3) is 23.1 Å². The highest BCUT2D eigenvalue weighted by molar-refractivity contribution is 6.46. The van der Waals surface area contributed by atoms with Gasteiger partial charge < -0.3 is 19.7 Å². The minimum absolute atomic E-state index is 0.0547. The second-order valence-electron chi connectivity index (χ2n) is 9.12. The number of aromatic nitrogens is 1. The molecule has 202 valence electrons. The molecule has 0 radical (unpaired) electrons. The Kier molecular flexibility index (Phi) is 6.74. The Labute approximate surface area is 226 Å². The van der Waals surface area contributed by atoms with Crippen molar-refractivity contribution in [1.82, 2.24) is 9.88 Å². The highest BCUT2D eigenvalue weighted by Gasteiger charge is 2.46. The van der Waals surface area contributed by atoms with Crippen LogP contribution in [0.2, 0.25) is 0 Å². The van der Waals surface area contributed by atoms with Gasteiger partial charge in [-0.15, -0.1) is 0 Å². The summed E-state index contributed by atoms with van der Waals surface area (Å²) < 4.78 is 5.31. The Bertz CT molecular complexity index is 1710. The number of amides is 1. The number of hydrogen-bond acceptors (Lipinski definition) is 8. The molecule has 2 heterocycles. The van der Waals surface area contributed by atoms with Gasteiger partial charge >= 0.3 is 0 Å². The standard InChI is InChI=1S/C28H22N4O8/c1-40-21-9-10-23-22(14-21)18(15-29-23)11-12-30-25(17-3-2-4-20(13-17)32(38)39)24(27(34)28(30)35)26(33)16-5-7-19(8-6-16)31(36)37/h2-10,13-15,25,29,33H,11-12H2,1H3/t25-/m0/s1. The van der Waals surface area contributed by atoms with E-state index in [1.54, 1.807) is 13.3 Å². The van der Waals surface area contributed by atoms with E-state index in [1.165, 1.54) is 53.4 Å². The summed E-state index contributed by atoms with van der Waals surface area (Å²) in [5.41, 5.74) is 1.32. The van der Waals surface area contributed by atoms with Gasteiger partial charge in [0.2, 0.25) is 0 Å². The Morgan fingerprint density at radius 1 is 1.00 bits per heavy atom. The van der Waals surface area contributed by atoms with E-state index in [1.807, 2.05) is 18.2 Å². The number of nitrogens with zero attached hydrogens (tertiary/aromatic N) is 3. The average Bonchev–Trinajstić information content (AvgIpc) is 3.48. The molecule has 1 aliphatic rings. The number of fused-ring (bicyclic) bond motifs is 1. The molecule has 12 nitrogen and oxygen atoms in total. The van der Waals surface area contributed by atoms with Crippen LogP contribution in [0.15, 0.2) is 78.5 Å². The van der Waals surface area contributed by atoms with Crippen molar-refractivity contribution in [3.63, 3.8) is 0 Å². The lowest BCUT2D eigenvalue weighted by Gasteiger charge is -2.25. The van der Waals surface area contributed by atoms with Crippen molar-refractivity contribution in [2.45, 2.75) is 12.5 Å². The minimum Gasteiger partial charge on any atom is -0.507 e. The number of likely N-dealkylation sites (tertiary alicyclic amines) is 1. The molecule has 1 aliphatic heterocycles. The molecular formula is C28H22N4O8. The van der Waals surface area contributed by atoms with Crippen LogP contribution in [-0.2, 0) is 16.0 Å². The lowest BCUT2D eigenvalue weighted by molar-refractivity contribution is -0.385. The van der Waals surface area contributed by atoms with Crippen molar-refractivity contribution in [3.05, 3.63) is 115 Å². The van der Waals surface area contributed by atoms with Crippen LogP contribution >= 0.6 is 0 Å². The van der Waals surface area contributed by atoms with E-state index in [0.717, 1.165) is 16.5 Å². The summed E-state index contributed by atoms with van der Waals surface area (Å²) in [7, 11) is 1.55. The number of carbonyl (C=O) groups is 2. The Balaban J connectivity index is 1.58.